The van der Waals surface area contributed by atoms with E-state index in [0.717, 1.165) is 11.3 Å². The summed E-state index contributed by atoms with van der Waals surface area (Å²) in [5.41, 5.74) is 1.61. The second-order valence-electron chi connectivity index (χ2n) is 7.17. The molecule has 148 valence electrons. The Bertz CT molecular complexity index is 833. The molecule has 0 heterocycles. The van der Waals surface area contributed by atoms with E-state index in [9.17, 15) is 9.59 Å². The van der Waals surface area contributed by atoms with Crippen molar-refractivity contribution in [2.75, 3.05) is 12.4 Å². The fraction of sp³-hybridized carbons (Fsp3) is 0.364. The summed E-state index contributed by atoms with van der Waals surface area (Å²) in [6.07, 6.45) is 0.573. The zero-order chi connectivity index (χ0) is 20.1. The molecular formula is C22H26N2O4. The van der Waals surface area contributed by atoms with Crippen LogP contribution in [0.1, 0.15) is 25.8 Å². The average molecular weight is 382 g/mol. The molecule has 2 unspecified atom stereocenters. The number of carbonyl (C=O) groups excluding carboxylic acids is 2. The van der Waals surface area contributed by atoms with Crippen LogP contribution in [0.15, 0.2) is 48.5 Å². The minimum absolute atomic E-state index is 0.00968. The third-order valence-corrected chi connectivity index (χ3v) is 4.60. The number of hydrogen-bond donors (Lipinski definition) is 2. The highest BCUT2D eigenvalue weighted by atomic mass is 16.5. The third kappa shape index (κ3) is 5.03. The predicted octanol–water partition coefficient (Wildman–Crippen LogP) is 3.37. The van der Waals surface area contributed by atoms with Gasteiger partial charge in [-0.15, -0.1) is 0 Å². The monoisotopic (exact) mass is 382 g/mol. The topological polar surface area (TPSA) is 76.7 Å². The number of anilines is 1. The van der Waals surface area contributed by atoms with E-state index in [0.29, 0.717) is 24.4 Å². The molecule has 2 aromatic carbocycles. The van der Waals surface area contributed by atoms with Crippen molar-refractivity contribution >= 4 is 17.5 Å². The van der Waals surface area contributed by atoms with E-state index >= 15 is 0 Å². The Balaban J connectivity index is 1.50. The number of para-hydroxylation sites is 2. The van der Waals surface area contributed by atoms with Gasteiger partial charge in [0.2, 0.25) is 11.8 Å². The summed E-state index contributed by atoms with van der Waals surface area (Å²) in [6.45, 7) is 4.30. The van der Waals surface area contributed by atoms with Crippen molar-refractivity contribution in [3.8, 4) is 11.5 Å². The van der Waals surface area contributed by atoms with E-state index in [1.807, 2.05) is 56.3 Å². The third-order valence-electron chi connectivity index (χ3n) is 4.60. The molecule has 0 bridgehead atoms. The van der Waals surface area contributed by atoms with Gasteiger partial charge in [-0.2, -0.15) is 0 Å². The molecule has 0 aliphatic heterocycles. The Morgan fingerprint density at radius 2 is 1.71 bits per heavy atom. The molecule has 1 fully saturated rings. The first-order valence-corrected chi connectivity index (χ1v) is 9.45. The quantitative estimate of drug-likeness (QED) is 0.734. The molecule has 28 heavy (non-hydrogen) atoms. The van der Waals surface area contributed by atoms with Crippen LogP contribution in [0.3, 0.4) is 0 Å². The van der Waals surface area contributed by atoms with E-state index in [1.54, 1.807) is 13.2 Å². The zero-order valence-corrected chi connectivity index (χ0v) is 16.4. The minimum atomic E-state index is -0.303. The molecule has 0 spiro atoms. The maximum Gasteiger partial charge on any atom is 0.228 e. The Morgan fingerprint density at radius 3 is 2.39 bits per heavy atom. The Hall–Kier alpha value is -3.02. The SMILES string of the molecule is COc1ccc(CNC(=O)C2CC2C(=O)Nc2ccccc2OC(C)C)cc1. The van der Waals surface area contributed by atoms with E-state index in [1.165, 1.54) is 0 Å². The smallest absolute Gasteiger partial charge is 0.228 e. The molecule has 2 amide bonds. The number of nitrogens with one attached hydrogen (secondary N) is 2. The summed E-state index contributed by atoms with van der Waals surface area (Å²) < 4.78 is 10.8. The first-order chi connectivity index (χ1) is 13.5. The van der Waals surface area contributed by atoms with E-state index in [2.05, 4.69) is 10.6 Å². The number of methoxy groups -OCH3 is 1. The van der Waals surface area contributed by atoms with Crippen LogP contribution in [0.25, 0.3) is 0 Å². The van der Waals surface area contributed by atoms with Crippen molar-refractivity contribution < 1.29 is 19.1 Å². The first-order valence-electron chi connectivity index (χ1n) is 9.45. The minimum Gasteiger partial charge on any atom is -0.497 e. The van der Waals surface area contributed by atoms with Gasteiger partial charge in [-0.3, -0.25) is 9.59 Å². The number of carbonyl (C=O) groups is 2. The maximum absolute atomic E-state index is 12.5. The highest BCUT2D eigenvalue weighted by Gasteiger charge is 2.48. The molecule has 2 N–H and O–H groups in total. The van der Waals surface area contributed by atoms with Crippen molar-refractivity contribution in [2.24, 2.45) is 11.8 Å². The fourth-order valence-electron chi connectivity index (χ4n) is 2.99. The van der Waals surface area contributed by atoms with Crippen LogP contribution < -0.4 is 20.1 Å². The average Bonchev–Trinajstić information content (AvgIpc) is 3.49. The molecule has 0 saturated heterocycles. The first kappa shape index (κ1) is 19.7. The van der Waals surface area contributed by atoms with Crippen LogP contribution >= 0.6 is 0 Å². The van der Waals surface area contributed by atoms with Crippen LogP contribution in [0.4, 0.5) is 5.69 Å². The number of rotatable bonds is 8. The predicted molar refractivity (Wildman–Crippen MR) is 107 cm³/mol. The summed E-state index contributed by atoms with van der Waals surface area (Å²) in [6, 6.07) is 14.8. The van der Waals surface area contributed by atoms with Crippen LogP contribution in [-0.4, -0.2) is 25.0 Å². The van der Waals surface area contributed by atoms with E-state index in [4.69, 9.17) is 9.47 Å². The highest BCUT2D eigenvalue weighted by Crippen LogP contribution is 2.40. The van der Waals surface area contributed by atoms with Gasteiger partial charge < -0.3 is 20.1 Å². The molecule has 6 nitrogen and oxygen atoms in total. The van der Waals surface area contributed by atoms with Gasteiger partial charge >= 0.3 is 0 Å². The molecule has 0 radical (unpaired) electrons. The van der Waals surface area contributed by atoms with Gasteiger partial charge in [-0.05, 0) is 50.1 Å². The molecule has 6 heteroatoms. The lowest BCUT2D eigenvalue weighted by atomic mass is 10.2. The lowest BCUT2D eigenvalue weighted by molar-refractivity contribution is -0.125. The van der Waals surface area contributed by atoms with E-state index in [-0.39, 0.29) is 29.8 Å². The molecule has 1 aliphatic carbocycles. The molecule has 1 saturated carbocycles. The van der Waals surface area contributed by atoms with Crippen molar-refractivity contribution in [3.63, 3.8) is 0 Å². The van der Waals surface area contributed by atoms with Crippen molar-refractivity contribution in [1.82, 2.24) is 5.32 Å². The highest BCUT2D eigenvalue weighted by molar-refractivity contribution is 6.00. The number of amides is 2. The van der Waals surface area contributed by atoms with Gasteiger partial charge in [0.25, 0.3) is 0 Å². The van der Waals surface area contributed by atoms with Gasteiger partial charge in [0.05, 0.1) is 30.7 Å². The number of ether oxygens (including phenoxy) is 2. The Labute approximate surface area is 165 Å². The Kier molecular flexibility index (Phi) is 6.19. The molecule has 2 atom stereocenters. The molecule has 2 aromatic rings. The summed E-state index contributed by atoms with van der Waals surface area (Å²) in [5.74, 6) is 0.578. The second kappa shape index (κ2) is 8.78. The summed E-state index contributed by atoms with van der Waals surface area (Å²) in [7, 11) is 1.61. The lowest BCUT2D eigenvalue weighted by Crippen LogP contribution is -2.27. The van der Waals surface area contributed by atoms with Gasteiger partial charge in [-0.1, -0.05) is 24.3 Å². The van der Waals surface area contributed by atoms with Crippen LogP contribution in [-0.2, 0) is 16.1 Å². The number of benzene rings is 2. The summed E-state index contributed by atoms with van der Waals surface area (Å²) >= 11 is 0. The van der Waals surface area contributed by atoms with Crippen molar-refractivity contribution in [1.29, 1.82) is 0 Å². The van der Waals surface area contributed by atoms with Crippen LogP contribution in [0.5, 0.6) is 11.5 Å². The van der Waals surface area contributed by atoms with Gasteiger partial charge in [-0.25, -0.2) is 0 Å². The van der Waals surface area contributed by atoms with Crippen molar-refractivity contribution in [2.45, 2.75) is 32.9 Å². The molecule has 0 aromatic heterocycles. The molecule has 1 aliphatic rings. The molecule has 3 rings (SSSR count). The second-order valence-corrected chi connectivity index (χ2v) is 7.17. The maximum atomic E-state index is 12.5. The number of hydrogen-bond acceptors (Lipinski definition) is 4. The van der Waals surface area contributed by atoms with Crippen LogP contribution in [0.2, 0.25) is 0 Å². The van der Waals surface area contributed by atoms with Gasteiger partial charge in [0.1, 0.15) is 11.5 Å². The standard InChI is InChI=1S/C22H26N2O4/c1-14(2)28-20-7-5-4-6-19(20)24-22(26)18-12-17(18)21(25)23-13-15-8-10-16(27-3)11-9-15/h4-11,14,17-18H,12-13H2,1-3H3,(H,23,25)(H,24,26). The normalized spacial score (nSPS) is 17.7. The summed E-state index contributed by atoms with van der Waals surface area (Å²) in [4.78, 5) is 24.9. The van der Waals surface area contributed by atoms with Crippen LogP contribution in [0, 0.1) is 11.8 Å². The largest absolute Gasteiger partial charge is 0.497 e. The zero-order valence-electron chi connectivity index (χ0n) is 16.4. The lowest BCUT2D eigenvalue weighted by Gasteiger charge is -2.14. The van der Waals surface area contributed by atoms with E-state index < -0.39 is 0 Å². The van der Waals surface area contributed by atoms with Gasteiger partial charge in [0.15, 0.2) is 0 Å². The Morgan fingerprint density at radius 1 is 1.04 bits per heavy atom. The fourth-order valence-corrected chi connectivity index (χ4v) is 2.99. The van der Waals surface area contributed by atoms with Crippen molar-refractivity contribution in [3.05, 3.63) is 54.1 Å². The summed E-state index contributed by atoms with van der Waals surface area (Å²) in [5, 5.41) is 5.79. The van der Waals surface area contributed by atoms with Gasteiger partial charge in [0, 0.05) is 6.54 Å². The molecular weight excluding hydrogens is 356 g/mol.